The Hall–Kier alpha value is -1.88. The molecule has 3 aromatic rings. The van der Waals surface area contributed by atoms with Gasteiger partial charge in [0.2, 0.25) is 0 Å². The molecule has 0 amide bonds. The standard InChI is InChI=1S/C15H14BrN3O/c1-10-5-15(17-7-12(10)16)19(2)8-11-3-4-13-14(6-11)20-9-18-13/h3-7,9H,8H2,1-2H3. The number of halogens is 1. The van der Waals surface area contributed by atoms with Crippen molar-refractivity contribution >= 4 is 32.8 Å². The van der Waals surface area contributed by atoms with Gasteiger partial charge in [0.1, 0.15) is 11.3 Å². The summed E-state index contributed by atoms with van der Waals surface area (Å²) in [5, 5.41) is 0. The van der Waals surface area contributed by atoms with Gasteiger partial charge in [-0.3, -0.25) is 0 Å². The molecule has 0 N–H and O–H groups in total. The number of hydrogen-bond donors (Lipinski definition) is 0. The van der Waals surface area contributed by atoms with Crippen LogP contribution in [-0.2, 0) is 6.54 Å². The van der Waals surface area contributed by atoms with E-state index in [1.807, 2.05) is 25.4 Å². The maximum absolute atomic E-state index is 5.33. The number of benzene rings is 1. The normalized spacial score (nSPS) is 10.9. The van der Waals surface area contributed by atoms with Gasteiger partial charge in [-0.05, 0) is 52.2 Å². The molecule has 0 bridgehead atoms. The zero-order valence-electron chi connectivity index (χ0n) is 11.3. The monoisotopic (exact) mass is 331 g/mol. The first-order valence-corrected chi connectivity index (χ1v) is 7.08. The van der Waals surface area contributed by atoms with E-state index in [9.17, 15) is 0 Å². The van der Waals surface area contributed by atoms with Crippen molar-refractivity contribution in [3.8, 4) is 0 Å². The topological polar surface area (TPSA) is 42.2 Å². The molecular formula is C15H14BrN3O. The highest BCUT2D eigenvalue weighted by atomic mass is 79.9. The molecule has 5 heteroatoms. The number of pyridine rings is 1. The third kappa shape index (κ3) is 2.54. The molecule has 0 radical (unpaired) electrons. The van der Waals surface area contributed by atoms with Crippen molar-refractivity contribution < 1.29 is 4.42 Å². The second kappa shape index (κ2) is 5.25. The summed E-state index contributed by atoms with van der Waals surface area (Å²) in [6.07, 6.45) is 3.30. The molecule has 20 heavy (non-hydrogen) atoms. The van der Waals surface area contributed by atoms with Crippen LogP contribution in [0.25, 0.3) is 11.1 Å². The Balaban J connectivity index is 1.83. The van der Waals surface area contributed by atoms with Gasteiger partial charge in [0, 0.05) is 24.3 Å². The zero-order valence-corrected chi connectivity index (χ0v) is 12.9. The summed E-state index contributed by atoms with van der Waals surface area (Å²) in [6, 6.07) is 8.12. The van der Waals surface area contributed by atoms with Gasteiger partial charge >= 0.3 is 0 Å². The summed E-state index contributed by atoms with van der Waals surface area (Å²) in [5.41, 5.74) is 4.04. The minimum Gasteiger partial charge on any atom is -0.443 e. The molecule has 0 saturated heterocycles. The molecule has 1 aromatic carbocycles. The number of fused-ring (bicyclic) bond motifs is 1. The van der Waals surface area contributed by atoms with Crippen LogP contribution in [0.3, 0.4) is 0 Å². The quantitative estimate of drug-likeness (QED) is 0.729. The second-order valence-electron chi connectivity index (χ2n) is 4.80. The third-order valence-corrected chi connectivity index (χ3v) is 4.07. The fourth-order valence-electron chi connectivity index (χ4n) is 2.09. The summed E-state index contributed by atoms with van der Waals surface area (Å²) >= 11 is 3.47. The first-order chi connectivity index (χ1) is 9.63. The van der Waals surface area contributed by atoms with E-state index in [-0.39, 0.29) is 0 Å². The Morgan fingerprint density at radius 1 is 1.25 bits per heavy atom. The van der Waals surface area contributed by atoms with Gasteiger partial charge in [0.25, 0.3) is 0 Å². The van der Waals surface area contributed by atoms with Crippen molar-refractivity contribution in [1.82, 2.24) is 9.97 Å². The van der Waals surface area contributed by atoms with Crippen LogP contribution in [-0.4, -0.2) is 17.0 Å². The highest BCUT2D eigenvalue weighted by Crippen LogP contribution is 2.21. The highest BCUT2D eigenvalue weighted by molar-refractivity contribution is 9.10. The van der Waals surface area contributed by atoms with Crippen LogP contribution in [0.2, 0.25) is 0 Å². The summed E-state index contributed by atoms with van der Waals surface area (Å²) in [6.45, 7) is 2.83. The van der Waals surface area contributed by atoms with Gasteiger partial charge in [-0.25, -0.2) is 9.97 Å². The molecule has 0 spiro atoms. The molecular weight excluding hydrogens is 318 g/mol. The molecule has 0 unspecified atom stereocenters. The van der Waals surface area contributed by atoms with Crippen molar-refractivity contribution in [3.05, 3.63) is 52.5 Å². The summed E-state index contributed by atoms with van der Waals surface area (Å²) in [7, 11) is 2.03. The SMILES string of the molecule is Cc1cc(N(C)Cc2ccc3ncoc3c2)ncc1Br. The van der Waals surface area contributed by atoms with Gasteiger partial charge in [-0.2, -0.15) is 0 Å². The molecule has 102 valence electrons. The van der Waals surface area contributed by atoms with Crippen molar-refractivity contribution in [2.24, 2.45) is 0 Å². The molecule has 3 rings (SSSR count). The van der Waals surface area contributed by atoms with Crippen molar-refractivity contribution in [3.63, 3.8) is 0 Å². The average Bonchev–Trinajstić information content (AvgIpc) is 2.89. The Morgan fingerprint density at radius 3 is 2.90 bits per heavy atom. The molecule has 2 aromatic heterocycles. The second-order valence-corrected chi connectivity index (χ2v) is 5.66. The first kappa shape index (κ1) is 13.1. The van der Waals surface area contributed by atoms with Crippen LogP contribution in [0.1, 0.15) is 11.1 Å². The number of rotatable bonds is 3. The van der Waals surface area contributed by atoms with E-state index in [0.717, 1.165) is 27.9 Å². The Labute approximate surface area is 125 Å². The first-order valence-electron chi connectivity index (χ1n) is 6.29. The number of hydrogen-bond acceptors (Lipinski definition) is 4. The van der Waals surface area contributed by atoms with Crippen LogP contribution in [0.15, 0.2) is 45.7 Å². The Bertz CT molecular complexity index is 754. The van der Waals surface area contributed by atoms with Crippen LogP contribution < -0.4 is 4.90 Å². The maximum atomic E-state index is 5.33. The van der Waals surface area contributed by atoms with Crippen LogP contribution in [0.4, 0.5) is 5.82 Å². The predicted octanol–water partition coefficient (Wildman–Crippen LogP) is 3.93. The van der Waals surface area contributed by atoms with E-state index in [1.54, 1.807) is 0 Å². The van der Waals surface area contributed by atoms with Crippen LogP contribution >= 0.6 is 15.9 Å². The third-order valence-electron chi connectivity index (χ3n) is 3.24. The zero-order chi connectivity index (χ0) is 14.1. The van der Waals surface area contributed by atoms with Crippen LogP contribution in [0, 0.1) is 6.92 Å². The van der Waals surface area contributed by atoms with E-state index in [4.69, 9.17) is 4.42 Å². The Kier molecular flexibility index (Phi) is 3.44. The maximum Gasteiger partial charge on any atom is 0.181 e. The summed E-state index contributed by atoms with van der Waals surface area (Å²) in [5.74, 6) is 0.948. The summed E-state index contributed by atoms with van der Waals surface area (Å²) in [4.78, 5) is 10.7. The van der Waals surface area contributed by atoms with Gasteiger partial charge in [0.15, 0.2) is 12.0 Å². The van der Waals surface area contributed by atoms with Crippen LogP contribution in [0.5, 0.6) is 0 Å². The smallest absolute Gasteiger partial charge is 0.181 e. The van der Waals surface area contributed by atoms with Crippen molar-refractivity contribution in [1.29, 1.82) is 0 Å². The van der Waals surface area contributed by atoms with E-state index in [2.05, 4.69) is 49.9 Å². The van der Waals surface area contributed by atoms with Gasteiger partial charge < -0.3 is 9.32 Å². The molecule has 0 aliphatic rings. The number of aromatic nitrogens is 2. The van der Waals surface area contributed by atoms with Crippen molar-refractivity contribution in [2.75, 3.05) is 11.9 Å². The molecule has 2 heterocycles. The lowest BCUT2D eigenvalue weighted by Crippen LogP contribution is -2.17. The number of nitrogens with zero attached hydrogens (tertiary/aromatic N) is 3. The lowest BCUT2D eigenvalue weighted by Gasteiger charge is -2.18. The number of oxazole rings is 1. The van der Waals surface area contributed by atoms with E-state index >= 15 is 0 Å². The summed E-state index contributed by atoms with van der Waals surface area (Å²) < 4.78 is 6.35. The molecule has 0 saturated carbocycles. The molecule has 0 aliphatic carbocycles. The van der Waals surface area contributed by atoms with E-state index in [1.165, 1.54) is 17.5 Å². The van der Waals surface area contributed by atoms with E-state index < -0.39 is 0 Å². The molecule has 0 aliphatic heterocycles. The lowest BCUT2D eigenvalue weighted by molar-refractivity contribution is 0.601. The minimum atomic E-state index is 0.769. The molecule has 0 fully saturated rings. The van der Waals surface area contributed by atoms with Gasteiger partial charge in [-0.1, -0.05) is 6.07 Å². The number of aryl methyl sites for hydroxylation is 1. The molecule has 0 atom stereocenters. The minimum absolute atomic E-state index is 0.769. The average molecular weight is 332 g/mol. The van der Waals surface area contributed by atoms with Gasteiger partial charge in [-0.15, -0.1) is 0 Å². The largest absolute Gasteiger partial charge is 0.443 e. The van der Waals surface area contributed by atoms with Gasteiger partial charge in [0.05, 0.1) is 0 Å². The van der Waals surface area contributed by atoms with Crippen molar-refractivity contribution in [2.45, 2.75) is 13.5 Å². The fourth-order valence-corrected chi connectivity index (χ4v) is 2.30. The molecule has 4 nitrogen and oxygen atoms in total. The van der Waals surface area contributed by atoms with E-state index in [0.29, 0.717) is 0 Å². The number of anilines is 1. The lowest BCUT2D eigenvalue weighted by atomic mass is 10.2. The highest BCUT2D eigenvalue weighted by Gasteiger charge is 2.07. The Morgan fingerprint density at radius 2 is 2.10 bits per heavy atom. The fraction of sp³-hybridized carbons (Fsp3) is 0.200. The predicted molar refractivity (Wildman–Crippen MR) is 82.8 cm³/mol.